The molecule has 0 fully saturated rings. The zero-order valence-corrected chi connectivity index (χ0v) is 10.9. The molecule has 0 atom stereocenters. The van der Waals surface area contributed by atoms with Crippen LogP contribution in [-0.2, 0) is 16.6 Å². The topological polar surface area (TPSA) is 111 Å². The predicted molar refractivity (Wildman–Crippen MR) is 73.8 cm³/mol. The van der Waals surface area contributed by atoms with Crippen LogP contribution in [0, 0.1) is 0 Å². The van der Waals surface area contributed by atoms with E-state index in [9.17, 15) is 8.42 Å². The average Bonchev–Trinajstić information content (AvgIpc) is 2.36. The lowest BCUT2D eigenvalue weighted by molar-refractivity contribution is 0.598. The Kier molecular flexibility index (Phi) is 3.68. The van der Waals surface area contributed by atoms with E-state index in [4.69, 9.17) is 10.9 Å². The average molecular weight is 278 g/mol. The minimum absolute atomic E-state index is 0.0957. The monoisotopic (exact) mass is 278 g/mol. The van der Waals surface area contributed by atoms with Crippen LogP contribution in [0.1, 0.15) is 5.56 Å². The van der Waals surface area contributed by atoms with Crippen molar-refractivity contribution in [3.63, 3.8) is 0 Å². The highest BCUT2D eigenvalue weighted by molar-refractivity contribution is 7.89. The van der Waals surface area contributed by atoms with Crippen molar-refractivity contribution in [3.8, 4) is 0 Å². The van der Waals surface area contributed by atoms with Crippen molar-refractivity contribution in [2.24, 2.45) is 5.14 Å². The lowest BCUT2D eigenvalue weighted by atomic mass is 10.2. The molecule has 6 nitrogen and oxygen atoms in total. The van der Waals surface area contributed by atoms with Crippen LogP contribution in [-0.4, -0.2) is 13.4 Å². The number of benzene rings is 1. The van der Waals surface area contributed by atoms with Crippen LogP contribution < -0.4 is 16.2 Å². The van der Waals surface area contributed by atoms with Gasteiger partial charge in [-0.25, -0.2) is 18.5 Å². The first kappa shape index (κ1) is 13.3. The number of sulfonamides is 1. The number of anilines is 2. The molecule has 0 amide bonds. The number of hydrogen-bond acceptors (Lipinski definition) is 5. The van der Waals surface area contributed by atoms with Gasteiger partial charge in [0.05, 0.1) is 4.90 Å². The molecule has 2 rings (SSSR count). The molecule has 0 spiro atoms. The van der Waals surface area contributed by atoms with Crippen LogP contribution >= 0.6 is 0 Å². The summed E-state index contributed by atoms with van der Waals surface area (Å²) in [5.41, 5.74) is 7.18. The smallest absolute Gasteiger partial charge is 0.238 e. The SMILES string of the molecule is Nc1ccnc(NCc2ccc(S(N)(=O)=O)cc2)c1. The van der Waals surface area contributed by atoms with Crippen molar-refractivity contribution in [2.45, 2.75) is 11.4 Å². The number of primary sulfonamides is 1. The first-order chi connectivity index (χ1) is 8.95. The molecule has 1 heterocycles. The Morgan fingerprint density at radius 2 is 1.84 bits per heavy atom. The second kappa shape index (κ2) is 5.25. The summed E-state index contributed by atoms with van der Waals surface area (Å²) < 4.78 is 22.2. The third-order valence-electron chi connectivity index (χ3n) is 2.51. The first-order valence-corrected chi connectivity index (χ1v) is 7.07. The Morgan fingerprint density at radius 3 is 2.42 bits per heavy atom. The molecule has 0 bridgehead atoms. The number of aromatic nitrogens is 1. The maximum atomic E-state index is 11.1. The van der Waals surface area contributed by atoms with Gasteiger partial charge >= 0.3 is 0 Å². The first-order valence-electron chi connectivity index (χ1n) is 5.52. The molecule has 0 aliphatic heterocycles. The van der Waals surface area contributed by atoms with Gasteiger partial charge in [-0.1, -0.05) is 12.1 Å². The molecule has 19 heavy (non-hydrogen) atoms. The Labute approximate surface area is 111 Å². The minimum Gasteiger partial charge on any atom is -0.399 e. The van der Waals surface area contributed by atoms with Crippen LogP contribution in [0.25, 0.3) is 0 Å². The highest BCUT2D eigenvalue weighted by atomic mass is 32.2. The summed E-state index contributed by atoms with van der Waals surface area (Å²) in [5, 5.41) is 8.11. The largest absolute Gasteiger partial charge is 0.399 e. The molecule has 2 aromatic rings. The summed E-state index contributed by atoms with van der Waals surface area (Å²) in [6.45, 7) is 0.515. The Morgan fingerprint density at radius 1 is 1.16 bits per heavy atom. The molecule has 0 saturated carbocycles. The van der Waals surface area contributed by atoms with Crippen LogP contribution in [0.5, 0.6) is 0 Å². The van der Waals surface area contributed by atoms with Crippen LogP contribution in [0.2, 0.25) is 0 Å². The van der Waals surface area contributed by atoms with E-state index in [0.717, 1.165) is 5.56 Å². The fourth-order valence-corrected chi connectivity index (χ4v) is 2.05. The predicted octanol–water partition coefficient (Wildman–Crippen LogP) is 0.923. The molecule has 1 aromatic carbocycles. The number of hydrogen-bond donors (Lipinski definition) is 3. The molecule has 100 valence electrons. The van der Waals surface area contributed by atoms with Crippen molar-refractivity contribution in [3.05, 3.63) is 48.2 Å². The molecule has 0 aliphatic rings. The normalized spacial score (nSPS) is 11.2. The molecule has 0 aliphatic carbocycles. The molecular weight excluding hydrogens is 264 g/mol. The van der Waals surface area contributed by atoms with Crippen LogP contribution in [0.15, 0.2) is 47.5 Å². The zero-order chi connectivity index (χ0) is 13.9. The zero-order valence-electron chi connectivity index (χ0n) is 10.1. The molecule has 0 saturated heterocycles. The van der Waals surface area contributed by atoms with Crippen LogP contribution in [0.3, 0.4) is 0 Å². The summed E-state index contributed by atoms with van der Waals surface area (Å²) in [6, 6.07) is 9.75. The quantitative estimate of drug-likeness (QED) is 0.770. The number of nitrogens with two attached hydrogens (primary N) is 2. The van der Waals surface area contributed by atoms with Crippen molar-refractivity contribution in [1.82, 2.24) is 4.98 Å². The maximum absolute atomic E-state index is 11.1. The van der Waals surface area contributed by atoms with Gasteiger partial charge < -0.3 is 11.1 Å². The van der Waals surface area contributed by atoms with Crippen molar-refractivity contribution >= 4 is 21.5 Å². The summed E-state index contributed by atoms with van der Waals surface area (Å²) in [7, 11) is -3.64. The maximum Gasteiger partial charge on any atom is 0.238 e. The van der Waals surface area contributed by atoms with E-state index in [1.165, 1.54) is 12.1 Å². The van der Waals surface area contributed by atoms with Gasteiger partial charge in [0.25, 0.3) is 0 Å². The highest BCUT2D eigenvalue weighted by Gasteiger charge is 2.06. The van der Waals surface area contributed by atoms with E-state index in [2.05, 4.69) is 10.3 Å². The van der Waals surface area contributed by atoms with Gasteiger partial charge in [0.2, 0.25) is 10.0 Å². The standard InChI is InChI=1S/C12H14N4O2S/c13-10-5-6-15-12(7-10)16-8-9-1-3-11(4-2-9)19(14,17)18/h1-7H,8H2,(H3,13,15,16)(H2,14,17,18). The van der Waals surface area contributed by atoms with E-state index in [1.54, 1.807) is 30.5 Å². The van der Waals surface area contributed by atoms with Gasteiger partial charge in [-0.15, -0.1) is 0 Å². The Bertz CT molecular complexity index is 668. The Balaban J connectivity index is 2.05. The number of nitrogens with zero attached hydrogens (tertiary/aromatic N) is 1. The fourth-order valence-electron chi connectivity index (χ4n) is 1.53. The molecule has 0 radical (unpaired) electrons. The summed E-state index contributed by atoms with van der Waals surface area (Å²) in [4.78, 5) is 4.20. The molecule has 0 unspecified atom stereocenters. The molecule has 1 aromatic heterocycles. The summed E-state index contributed by atoms with van der Waals surface area (Å²) in [6.07, 6.45) is 1.61. The second-order valence-electron chi connectivity index (χ2n) is 4.02. The molecule has 7 heteroatoms. The third kappa shape index (κ3) is 3.67. The van der Waals surface area contributed by atoms with E-state index >= 15 is 0 Å². The van der Waals surface area contributed by atoms with E-state index in [0.29, 0.717) is 18.1 Å². The van der Waals surface area contributed by atoms with Gasteiger partial charge in [0, 0.05) is 24.5 Å². The van der Waals surface area contributed by atoms with Gasteiger partial charge in [0.15, 0.2) is 0 Å². The lowest BCUT2D eigenvalue weighted by Gasteiger charge is -2.06. The van der Waals surface area contributed by atoms with E-state index in [-0.39, 0.29) is 4.90 Å². The highest BCUT2D eigenvalue weighted by Crippen LogP contribution is 2.12. The number of pyridine rings is 1. The lowest BCUT2D eigenvalue weighted by Crippen LogP contribution is -2.12. The van der Waals surface area contributed by atoms with E-state index < -0.39 is 10.0 Å². The third-order valence-corrected chi connectivity index (χ3v) is 3.44. The summed E-state index contributed by atoms with van der Waals surface area (Å²) >= 11 is 0. The van der Waals surface area contributed by atoms with Crippen LogP contribution in [0.4, 0.5) is 11.5 Å². The Hall–Kier alpha value is -2.12. The second-order valence-corrected chi connectivity index (χ2v) is 5.58. The van der Waals surface area contributed by atoms with Gasteiger partial charge in [-0.2, -0.15) is 0 Å². The molecular formula is C12H14N4O2S. The van der Waals surface area contributed by atoms with E-state index in [1.807, 2.05) is 0 Å². The van der Waals surface area contributed by atoms with Crippen molar-refractivity contribution in [2.75, 3.05) is 11.1 Å². The minimum atomic E-state index is -3.64. The van der Waals surface area contributed by atoms with Crippen molar-refractivity contribution < 1.29 is 8.42 Å². The van der Waals surface area contributed by atoms with Gasteiger partial charge in [-0.05, 0) is 23.8 Å². The summed E-state index contributed by atoms with van der Waals surface area (Å²) in [5.74, 6) is 0.663. The van der Waals surface area contributed by atoms with Gasteiger partial charge in [0.1, 0.15) is 5.82 Å². The van der Waals surface area contributed by atoms with Gasteiger partial charge in [-0.3, -0.25) is 0 Å². The number of rotatable bonds is 4. The number of nitrogens with one attached hydrogen (secondary N) is 1. The van der Waals surface area contributed by atoms with Crippen molar-refractivity contribution in [1.29, 1.82) is 0 Å². The fraction of sp³-hybridized carbons (Fsp3) is 0.0833. The number of nitrogen functional groups attached to an aromatic ring is 1. The molecule has 5 N–H and O–H groups in total.